The SMILES string of the molecule is CCCCOc1cc(NCc2cc(Br)cc(Cl)c2O)ccc1C(=O)OC(C)(C)C. The second-order valence-corrected chi connectivity index (χ2v) is 8.99. The highest BCUT2D eigenvalue weighted by Gasteiger charge is 2.21. The van der Waals surface area contributed by atoms with Gasteiger partial charge in [0.15, 0.2) is 0 Å². The first-order valence-electron chi connectivity index (χ1n) is 9.51. The molecule has 0 atom stereocenters. The number of hydrogen-bond acceptors (Lipinski definition) is 5. The fourth-order valence-corrected chi connectivity index (χ4v) is 3.41. The minimum atomic E-state index is -0.591. The van der Waals surface area contributed by atoms with E-state index in [4.69, 9.17) is 21.1 Å². The number of phenols is 1. The number of rotatable bonds is 8. The van der Waals surface area contributed by atoms with Crippen molar-refractivity contribution in [1.82, 2.24) is 0 Å². The Bertz CT molecular complexity index is 865. The zero-order chi connectivity index (χ0) is 21.6. The summed E-state index contributed by atoms with van der Waals surface area (Å²) >= 11 is 9.40. The van der Waals surface area contributed by atoms with Gasteiger partial charge in [0.2, 0.25) is 0 Å². The van der Waals surface area contributed by atoms with Gasteiger partial charge in [-0.05, 0) is 51.5 Å². The molecule has 0 heterocycles. The summed E-state index contributed by atoms with van der Waals surface area (Å²) in [5, 5.41) is 13.7. The number of esters is 1. The first kappa shape index (κ1) is 23.4. The van der Waals surface area contributed by atoms with E-state index in [2.05, 4.69) is 28.2 Å². The van der Waals surface area contributed by atoms with Crippen LogP contribution in [0.3, 0.4) is 0 Å². The quantitative estimate of drug-likeness (QED) is 0.328. The van der Waals surface area contributed by atoms with E-state index in [0.29, 0.717) is 30.0 Å². The largest absolute Gasteiger partial charge is 0.506 e. The van der Waals surface area contributed by atoms with Crippen molar-refractivity contribution in [2.45, 2.75) is 52.7 Å². The minimum absolute atomic E-state index is 0.0344. The molecule has 2 aromatic carbocycles. The van der Waals surface area contributed by atoms with Crippen LogP contribution in [0.25, 0.3) is 0 Å². The number of hydrogen-bond donors (Lipinski definition) is 2. The fraction of sp³-hybridized carbons (Fsp3) is 0.409. The van der Waals surface area contributed by atoms with Gasteiger partial charge in [0.1, 0.15) is 22.7 Å². The molecule has 0 radical (unpaired) electrons. The number of halogens is 2. The highest BCUT2D eigenvalue weighted by atomic mass is 79.9. The number of aromatic hydroxyl groups is 1. The Hall–Kier alpha value is -1.92. The van der Waals surface area contributed by atoms with Crippen LogP contribution < -0.4 is 10.1 Å². The van der Waals surface area contributed by atoms with E-state index in [1.807, 2.05) is 20.8 Å². The highest BCUT2D eigenvalue weighted by molar-refractivity contribution is 9.10. The lowest BCUT2D eigenvalue weighted by molar-refractivity contribution is 0.00658. The van der Waals surface area contributed by atoms with E-state index in [-0.39, 0.29) is 10.8 Å². The van der Waals surface area contributed by atoms with Crippen LogP contribution in [-0.4, -0.2) is 23.3 Å². The number of anilines is 1. The highest BCUT2D eigenvalue weighted by Crippen LogP contribution is 2.32. The van der Waals surface area contributed by atoms with Crippen LogP contribution in [0.5, 0.6) is 11.5 Å². The first-order valence-corrected chi connectivity index (χ1v) is 10.7. The van der Waals surface area contributed by atoms with Crippen molar-refractivity contribution in [3.05, 3.63) is 51.0 Å². The van der Waals surface area contributed by atoms with Crippen molar-refractivity contribution < 1.29 is 19.4 Å². The summed E-state index contributed by atoms with van der Waals surface area (Å²) in [5.41, 5.74) is 1.19. The van der Waals surface area contributed by atoms with Crippen LogP contribution in [0.4, 0.5) is 5.69 Å². The lowest BCUT2D eigenvalue weighted by atomic mass is 10.1. The molecule has 0 aromatic heterocycles. The predicted molar refractivity (Wildman–Crippen MR) is 120 cm³/mol. The molecule has 0 unspecified atom stereocenters. The molecule has 0 fully saturated rings. The maximum Gasteiger partial charge on any atom is 0.342 e. The Morgan fingerprint density at radius 3 is 2.62 bits per heavy atom. The molecular formula is C22H27BrClNO4. The van der Waals surface area contributed by atoms with E-state index in [1.165, 1.54) is 0 Å². The van der Waals surface area contributed by atoms with Crippen molar-refractivity contribution in [3.63, 3.8) is 0 Å². The average Bonchev–Trinajstić information content (AvgIpc) is 2.62. The Morgan fingerprint density at radius 2 is 1.97 bits per heavy atom. The third-order valence-corrected chi connectivity index (χ3v) is 4.69. The summed E-state index contributed by atoms with van der Waals surface area (Å²) in [6.07, 6.45) is 1.87. The van der Waals surface area contributed by atoms with Gasteiger partial charge in [-0.25, -0.2) is 4.79 Å². The predicted octanol–water partition coefficient (Wildman–Crippen LogP) is 6.55. The molecule has 5 nitrogen and oxygen atoms in total. The molecule has 2 aromatic rings. The van der Waals surface area contributed by atoms with Crippen molar-refractivity contribution >= 4 is 39.2 Å². The van der Waals surface area contributed by atoms with Crippen molar-refractivity contribution in [1.29, 1.82) is 0 Å². The second-order valence-electron chi connectivity index (χ2n) is 7.66. The van der Waals surface area contributed by atoms with Crippen LogP contribution in [0.15, 0.2) is 34.8 Å². The molecule has 0 aliphatic carbocycles. The number of carbonyl (C=O) groups is 1. The molecule has 0 aliphatic rings. The summed E-state index contributed by atoms with van der Waals surface area (Å²) in [4.78, 5) is 12.5. The molecule has 0 amide bonds. The second kappa shape index (κ2) is 10.2. The monoisotopic (exact) mass is 483 g/mol. The molecule has 2 rings (SSSR count). The number of carbonyl (C=O) groups excluding carboxylic acids is 1. The van der Waals surface area contributed by atoms with Gasteiger partial charge in [-0.2, -0.15) is 0 Å². The topological polar surface area (TPSA) is 67.8 Å². The van der Waals surface area contributed by atoms with Gasteiger partial charge in [-0.1, -0.05) is 40.9 Å². The van der Waals surface area contributed by atoms with Gasteiger partial charge in [0, 0.05) is 28.3 Å². The lowest BCUT2D eigenvalue weighted by Crippen LogP contribution is -2.24. The molecule has 0 saturated carbocycles. The van der Waals surface area contributed by atoms with Gasteiger partial charge in [0.05, 0.1) is 11.6 Å². The van der Waals surface area contributed by atoms with Crippen LogP contribution in [0, 0.1) is 0 Å². The molecule has 0 aliphatic heterocycles. The van der Waals surface area contributed by atoms with Crippen molar-refractivity contribution in [3.8, 4) is 11.5 Å². The normalized spacial score (nSPS) is 11.2. The summed E-state index contributed by atoms with van der Waals surface area (Å²) < 4.78 is 12.1. The smallest absolute Gasteiger partial charge is 0.342 e. The van der Waals surface area contributed by atoms with E-state index in [9.17, 15) is 9.90 Å². The van der Waals surface area contributed by atoms with Crippen LogP contribution >= 0.6 is 27.5 Å². The van der Waals surface area contributed by atoms with Crippen molar-refractivity contribution in [2.24, 2.45) is 0 Å². The van der Waals surface area contributed by atoms with Crippen LogP contribution in [0.1, 0.15) is 56.5 Å². The average molecular weight is 485 g/mol. The van der Waals surface area contributed by atoms with Crippen molar-refractivity contribution in [2.75, 3.05) is 11.9 Å². The fourth-order valence-electron chi connectivity index (χ4n) is 2.53. The van der Waals surface area contributed by atoms with E-state index in [1.54, 1.807) is 30.3 Å². The maximum atomic E-state index is 12.5. The Labute approximate surface area is 185 Å². The molecule has 158 valence electrons. The lowest BCUT2D eigenvalue weighted by Gasteiger charge is -2.21. The number of phenolic OH excluding ortho intramolecular Hbond substituents is 1. The molecule has 0 spiro atoms. The minimum Gasteiger partial charge on any atom is -0.506 e. The van der Waals surface area contributed by atoms with E-state index >= 15 is 0 Å². The number of unbranched alkanes of at least 4 members (excludes halogenated alkanes) is 1. The van der Waals surface area contributed by atoms with Gasteiger partial charge < -0.3 is 19.9 Å². The molecule has 0 saturated heterocycles. The van der Waals surface area contributed by atoms with Gasteiger partial charge in [-0.15, -0.1) is 0 Å². The Morgan fingerprint density at radius 1 is 1.24 bits per heavy atom. The third-order valence-electron chi connectivity index (χ3n) is 3.95. The number of nitrogens with one attached hydrogen (secondary N) is 1. The summed E-state index contributed by atoms with van der Waals surface area (Å²) in [6, 6.07) is 8.66. The number of benzene rings is 2. The number of ether oxygens (including phenoxy) is 2. The zero-order valence-electron chi connectivity index (χ0n) is 17.1. The van der Waals surface area contributed by atoms with Gasteiger partial charge >= 0.3 is 5.97 Å². The zero-order valence-corrected chi connectivity index (χ0v) is 19.5. The molecule has 7 heteroatoms. The molecule has 0 bridgehead atoms. The summed E-state index contributed by atoms with van der Waals surface area (Å²) in [6.45, 7) is 8.42. The Balaban J connectivity index is 2.22. The first-order chi connectivity index (χ1) is 13.6. The van der Waals surface area contributed by atoms with Crippen LogP contribution in [0.2, 0.25) is 5.02 Å². The Kier molecular flexibility index (Phi) is 8.23. The standard InChI is InChI=1S/C22H27BrClNO4/c1-5-6-9-28-19-12-16(7-8-17(19)21(27)29-22(2,3)4)25-13-14-10-15(23)11-18(24)20(14)26/h7-8,10-12,25-26H,5-6,9,13H2,1-4H3. The molecular weight excluding hydrogens is 458 g/mol. The molecule has 2 N–H and O–H groups in total. The third kappa shape index (κ3) is 7.12. The van der Waals surface area contributed by atoms with E-state index < -0.39 is 11.6 Å². The van der Waals surface area contributed by atoms with E-state index in [0.717, 1.165) is 23.0 Å². The van der Waals surface area contributed by atoms with Gasteiger partial charge in [-0.3, -0.25) is 0 Å². The summed E-state index contributed by atoms with van der Waals surface area (Å²) in [5.74, 6) is 0.0772. The molecule has 29 heavy (non-hydrogen) atoms. The summed E-state index contributed by atoms with van der Waals surface area (Å²) in [7, 11) is 0. The maximum absolute atomic E-state index is 12.5. The van der Waals surface area contributed by atoms with Crippen LogP contribution in [-0.2, 0) is 11.3 Å². The van der Waals surface area contributed by atoms with Gasteiger partial charge in [0.25, 0.3) is 0 Å².